The molecular weight excluding hydrogens is 198 g/mol. The molecule has 84 valence electrons. The Hall–Kier alpha value is -1.75. The van der Waals surface area contributed by atoms with Crippen molar-refractivity contribution < 1.29 is 4.74 Å². The van der Waals surface area contributed by atoms with Gasteiger partial charge in [0.2, 0.25) is 0 Å². The average Bonchev–Trinajstić information content (AvgIpc) is 2.25. The highest BCUT2D eigenvalue weighted by Crippen LogP contribution is 2.34. The Morgan fingerprint density at radius 2 is 1.81 bits per heavy atom. The minimum atomic E-state index is -0.0374. The molecule has 0 spiro atoms. The van der Waals surface area contributed by atoms with Crippen molar-refractivity contribution in [2.45, 2.75) is 20.8 Å². The first-order chi connectivity index (χ1) is 7.49. The van der Waals surface area contributed by atoms with E-state index in [1.807, 2.05) is 24.3 Å². The van der Waals surface area contributed by atoms with Crippen molar-refractivity contribution in [3.8, 4) is 11.8 Å². The van der Waals surface area contributed by atoms with Crippen LogP contribution in [0.25, 0.3) is 5.57 Å². The van der Waals surface area contributed by atoms with Gasteiger partial charge in [-0.1, -0.05) is 32.9 Å². The zero-order chi connectivity index (χ0) is 12.2. The molecule has 1 aromatic carbocycles. The van der Waals surface area contributed by atoms with Gasteiger partial charge in [0, 0.05) is 6.08 Å². The molecule has 0 aliphatic heterocycles. The van der Waals surface area contributed by atoms with Crippen LogP contribution < -0.4 is 4.74 Å². The molecule has 0 amide bonds. The van der Waals surface area contributed by atoms with Crippen LogP contribution in [0.2, 0.25) is 0 Å². The van der Waals surface area contributed by atoms with E-state index >= 15 is 0 Å². The first-order valence-electron chi connectivity index (χ1n) is 5.23. The molecular formula is C14H17NO. The fourth-order valence-corrected chi connectivity index (χ4v) is 1.57. The molecule has 1 rings (SSSR count). The number of nitriles is 1. The van der Waals surface area contributed by atoms with Crippen LogP contribution in [0.4, 0.5) is 0 Å². The summed E-state index contributed by atoms with van der Waals surface area (Å²) in [5.74, 6) is 0.828. The van der Waals surface area contributed by atoms with E-state index in [0.29, 0.717) is 0 Å². The van der Waals surface area contributed by atoms with Crippen molar-refractivity contribution >= 4 is 5.57 Å². The van der Waals surface area contributed by atoms with E-state index in [4.69, 9.17) is 10.00 Å². The standard InChI is InChI=1S/C14H17NO/c1-14(2,3)13(9-10-15)11-5-7-12(16-4)8-6-11/h5-9H,1-4H3/b13-9+. The summed E-state index contributed by atoms with van der Waals surface area (Å²) in [4.78, 5) is 0. The summed E-state index contributed by atoms with van der Waals surface area (Å²) in [5.41, 5.74) is 2.07. The first kappa shape index (κ1) is 12.3. The Morgan fingerprint density at radius 3 is 2.19 bits per heavy atom. The lowest BCUT2D eigenvalue weighted by molar-refractivity contribution is 0.414. The van der Waals surface area contributed by atoms with Gasteiger partial charge in [0.05, 0.1) is 13.2 Å². The third-order valence-corrected chi connectivity index (χ3v) is 2.42. The Bertz CT molecular complexity index is 416. The van der Waals surface area contributed by atoms with Crippen molar-refractivity contribution in [2.75, 3.05) is 7.11 Å². The molecule has 0 atom stereocenters. The van der Waals surface area contributed by atoms with Crippen molar-refractivity contribution in [3.63, 3.8) is 0 Å². The summed E-state index contributed by atoms with van der Waals surface area (Å²) >= 11 is 0. The number of hydrogen-bond donors (Lipinski definition) is 0. The highest BCUT2D eigenvalue weighted by molar-refractivity contribution is 5.71. The molecule has 2 nitrogen and oxygen atoms in total. The SMILES string of the molecule is COc1ccc(/C(=C\C#N)C(C)(C)C)cc1. The number of rotatable bonds is 2. The van der Waals surface area contributed by atoms with Crippen LogP contribution in [0.15, 0.2) is 30.3 Å². The van der Waals surface area contributed by atoms with Crippen molar-refractivity contribution in [3.05, 3.63) is 35.9 Å². The molecule has 0 heterocycles. The number of ether oxygens (including phenoxy) is 1. The third-order valence-electron chi connectivity index (χ3n) is 2.42. The Kier molecular flexibility index (Phi) is 3.73. The maximum Gasteiger partial charge on any atom is 0.118 e. The zero-order valence-electron chi connectivity index (χ0n) is 10.2. The van der Waals surface area contributed by atoms with Crippen LogP contribution >= 0.6 is 0 Å². The van der Waals surface area contributed by atoms with Gasteiger partial charge in [-0.3, -0.25) is 0 Å². The number of nitrogens with zero attached hydrogens (tertiary/aromatic N) is 1. The van der Waals surface area contributed by atoms with E-state index < -0.39 is 0 Å². The van der Waals surface area contributed by atoms with E-state index in [9.17, 15) is 0 Å². The topological polar surface area (TPSA) is 33.0 Å². The van der Waals surface area contributed by atoms with Crippen LogP contribution in [-0.4, -0.2) is 7.11 Å². The molecule has 1 aromatic rings. The van der Waals surface area contributed by atoms with Gasteiger partial charge in [-0.05, 0) is 28.7 Å². The molecule has 0 N–H and O–H groups in total. The molecule has 0 unspecified atom stereocenters. The minimum absolute atomic E-state index is 0.0374. The predicted molar refractivity (Wildman–Crippen MR) is 66.0 cm³/mol. The average molecular weight is 215 g/mol. The lowest BCUT2D eigenvalue weighted by atomic mass is 9.82. The predicted octanol–water partition coefficient (Wildman–Crippen LogP) is 3.65. The van der Waals surface area contributed by atoms with Gasteiger partial charge in [0.1, 0.15) is 5.75 Å². The molecule has 0 saturated carbocycles. The van der Waals surface area contributed by atoms with E-state index in [2.05, 4.69) is 26.8 Å². The van der Waals surface area contributed by atoms with Crippen LogP contribution in [0.5, 0.6) is 5.75 Å². The highest BCUT2D eigenvalue weighted by atomic mass is 16.5. The quantitative estimate of drug-likeness (QED) is 0.705. The molecule has 0 aliphatic carbocycles. The van der Waals surface area contributed by atoms with Gasteiger partial charge < -0.3 is 4.74 Å². The second-order valence-electron chi connectivity index (χ2n) is 4.67. The molecule has 0 aliphatic rings. The maximum atomic E-state index is 8.81. The van der Waals surface area contributed by atoms with E-state index in [-0.39, 0.29) is 5.41 Å². The van der Waals surface area contributed by atoms with Crippen LogP contribution in [0, 0.1) is 16.7 Å². The molecule has 0 bridgehead atoms. The Labute approximate surface area is 97.2 Å². The van der Waals surface area contributed by atoms with Crippen molar-refractivity contribution in [1.29, 1.82) is 5.26 Å². The summed E-state index contributed by atoms with van der Waals surface area (Å²) in [5, 5.41) is 8.81. The van der Waals surface area contributed by atoms with Crippen LogP contribution in [-0.2, 0) is 0 Å². The molecule has 0 radical (unpaired) electrons. The normalized spacial score (nSPS) is 12.1. The summed E-state index contributed by atoms with van der Waals surface area (Å²) in [6, 6.07) is 9.89. The second kappa shape index (κ2) is 4.85. The molecule has 16 heavy (non-hydrogen) atoms. The fourth-order valence-electron chi connectivity index (χ4n) is 1.57. The Morgan fingerprint density at radius 1 is 1.25 bits per heavy atom. The number of benzene rings is 1. The number of allylic oxidation sites excluding steroid dienone is 2. The zero-order valence-corrected chi connectivity index (χ0v) is 10.2. The fraction of sp³-hybridized carbons (Fsp3) is 0.357. The van der Waals surface area contributed by atoms with E-state index in [0.717, 1.165) is 16.9 Å². The van der Waals surface area contributed by atoms with E-state index in [1.54, 1.807) is 13.2 Å². The van der Waals surface area contributed by atoms with Crippen LogP contribution in [0.3, 0.4) is 0 Å². The van der Waals surface area contributed by atoms with Gasteiger partial charge in [0.15, 0.2) is 0 Å². The number of methoxy groups -OCH3 is 1. The highest BCUT2D eigenvalue weighted by Gasteiger charge is 2.18. The van der Waals surface area contributed by atoms with Gasteiger partial charge in [0.25, 0.3) is 0 Å². The molecule has 0 fully saturated rings. The van der Waals surface area contributed by atoms with Gasteiger partial charge >= 0.3 is 0 Å². The minimum Gasteiger partial charge on any atom is -0.497 e. The lowest BCUT2D eigenvalue weighted by Gasteiger charge is -2.22. The smallest absolute Gasteiger partial charge is 0.118 e. The first-order valence-corrected chi connectivity index (χ1v) is 5.23. The summed E-state index contributed by atoms with van der Waals surface area (Å²) < 4.78 is 5.11. The molecule has 0 saturated heterocycles. The van der Waals surface area contributed by atoms with Crippen molar-refractivity contribution in [2.24, 2.45) is 5.41 Å². The van der Waals surface area contributed by atoms with Crippen LogP contribution in [0.1, 0.15) is 26.3 Å². The van der Waals surface area contributed by atoms with Gasteiger partial charge in [-0.25, -0.2) is 0 Å². The van der Waals surface area contributed by atoms with Crippen molar-refractivity contribution in [1.82, 2.24) is 0 Å². The van der Waals surface area contributed by atoms with E-state index in [1.165, 1.54) is 0 Å². The monoisotopic (exact) mass is 215 g/mol. The second-order valence-corrected chi connectivity index (χ2v) is 4.67. The number of hydrogen-bond acceptors (Lipinski definition) is 2. The lowest BCUT2D eigenvalue weighted by Crippen LogP contribution is -2.08. The van der Waals surface area contributed by atoms with Gasteiger partial charge in [-0.2, -0.15) is 5.26 Å². The maximum absolute atomic E-state index is 8.81. The summed E-state index contributed by atoms with van der Waals surface area (Å²) in [6.45, 7) is 6.29. The summed E-state index contributed by atoms with van der Waals surface area (Å²) in [7, 11) is 1.64. The molecule has 2 heteroatoms. The largest absolute Gasteiger partial charge is 0.497 e. The molecule has 0 aromatic heterocycles. The Balaban J connectivity index is 3.14. The van der Waals surface area contributed by atoms with Gasteiger partial charge in [-0.15, -0.1) is 0 Å². The third kappa shape index (κ3) is 2.87. The summed E-state index contributed by atoms with van der Waals surface area (Å²) in [6.07, 6.45) is 1.61.